The molecule has 2 aliphatic rings. The van der Waals surface area contributed by atoms with Crippen LogP contribution in [0.1, 0.15) is 18.4 Å². The van der Waals surface area contributed by atoms with E-state index >= 15 is 0 Å². The molecule has 2 heterocycles. The molecular weight excluding hydrogens is 242 g/mol. The molecule has 0 saturated carbocycles. The number of fused-ring (bicyclic) bond motifs is 1. The van der Waals surface area contributed by atoms with Crippen molar-refractivity contribution in [1.82, 2.24) is 15.5 Å². The van der Waals surface area contributed by atoms with Crippen LogP contribution in [-0.4, -0.2) is 35.6 Å². The predicted molar refractivity (Wildman–Crippen MR) is 70.3 cm³/mol. The third-order valence-corrected chi connectivity index (χ3v) is 3.72. The summed E-state index contributed by atoms with van der Waals surface area (Å²) >= 11 is 0. The van der Waals surface area contributed by atoms with Gasteiger partial charge in [-0.15, -0.1) is 0 Å². The van der Waals surface area contributed by atoms with Gasteiger partial charge in [-0.1, -0.05) is 30.3 Å². The van der Waals surface area contributed by atoms with E-state index in [0.29, 0.717) is 6.42 Å². The Hall–Kier alpha value is -2.04. The van der Waals surface area contributed by atoms with Crippen LogP contribution in [0.5, 0.6) is 0 Å². The van der Waals surface area contributed by atoms with Gasteiger partial charge >= 0.3 is 6.03 Å². The van der Waals surface area contributed by atoms with Crippen molar-refractivity contribution in [2.75, 3.05) is 6.54 Å². The van der Waals surface area contributed by atoms with Crippen molar-refractivity contribution >= 4 is 11.9 Å². The summed E-state index contributed by atoms with van der Waals surface area (Å²) in [6.45, 7) is 0.733. The number of carbonyl (C=O) groups excluding carboxylic acids is 2. The Bertz CT molecular complexity index is 489. The normalized spacial score (nSPS) is 26.4. The summed E-state index contributed by atoms with van der Waals surface area (Å²) in [7, 11) is 0. The van der Waals surface area contributed by atoms with Crippen LogP contribution in [0.4, 0.5) is 4.79 Å². The van der Waals surface area contributed by atoms with Crippen molar-refractivity contribution in [3.05, 3.63) is 35.9 Å². The first-order valence-electron chi connectivity index (χ1n) is 6.65. The molecule has 3 amide bonds. The van der Waals surface area contributed by atoms with Gasteiger partial charge in [-0.25, -0.2) is 4.79 Å². The van der Waals surface area contributed by atoms with Gasteiger partial charge in [-0.3, -0.25) is 4.79 Å². The third kappa shape index (κ3) is 2.41. The molecule has 0 radical (unpaired) electrons. The molecule has 19 heavy (non-hydrogen) atoms. The lowest BCUT2D eigenvalue weighted by atomic mass is 10.1. The second-order valence-electron chi connectivity index (χ2n) is 5.05. The van der Waals surface area contributed by atoms with E-state index in [1.807, 2.05) is 30.3 Å². The Morgan fingerprint density at radius 3 is 2.74 bits per heavy atom. The second kappa shape index (κ2) is 4.91. The summed E-state index contributed by atoms with van der Waals surface area (Å²) in [6.07, 6.45) is 2.20. The first kappa shape index (κ1) is 12.0. The summed E-state index contributed by atoms with van der Waals surface area (Å²) in [5.41, 5.74) is 1.05. The topological polar surface area (TPSA) is 61.4 Å². The van der Waals surface area contributed by atoms with E-state index in [1.54, 1.807) is 4.90 Å². The summed E-state index contributed by atoms with van der Waals surface area (Å²) in [4.78, 5) is 26.0. The predicted octanol–water partition coefficient (Wildman–Crippen LogP) is 0.859. The summed E-state index contributed by atoms with van der Waals surface area (Å²) < 4.78 is 0. The monoisotopic (exact) mass is 259 g/mol. The number of carbonyl (C=O) groups is 2. The highest BCUT2D eigenvalue weighted by Crippen LogP contribution is 2.19. The van der Waals surface area contributed by atoms with Crippen molar-refractivity contribution in [2.45, 2.75) is 31.5 Å². The average Bonchev–Trinajstić information content (AvgIpc) is 2.82. The molecule has 2 aliphatic heterocycles. The molecule has 1 aromatic carbocycles. The van der Waals surface area contributed by atoms with Gasteiger partial charge in [0.25, 0.3) is 0 Å². The highest BCUT2D eigenvalue weighted by atomic mass is 16.2. The molecule has 100 valence electrons. The van der Waals surface area contributed by atoms with Gasteiger partial charge in [0.15, 0.2) is 0 Å². The minimum Gasteiger partial charge on any atom is -0.326 e. The molecular formula is C14H17N3O2. The molecule has 5 nitrogen and oxygen atoms in total. The summed E-state index contributed by atoms with van der Waals surface area (Å²) in [5.74, 6) is 0.0182. The zero-order chi connectivity index (χ0) is 13.2. The van der Waals surface area contributed by atoms with Crippen LogP contribution >= 0.6 is 0 Å². The lowest BCUT2D eigenvalue weighted by Gasteiger charge is -2.23. The minimum atomic E-state index is -0.467. The second-order valence-corrected chi connectivity index (χ2v) is 5.05. The first-order chi connectivity index (χ1) is 9.24. The Kier molecular flexibility index (Phi) is 3.11. The zero-order valence-corrected chi connectivity index (χ0v) is 10.6. The minimum absolute atomic E-state index is 0.0182. The van der Waals surface area contributed by atoms with Gasteiger partial charge in [0, 0.05) is 13.0 Å². The van der Waals surface area contributed by atoms with E-state index < -0.39 is 6.04 Å². The molecule has 2 N–H and O–H groups in total. The number of benzene rings is 1. The number of nitrogens with one attached hydrogen (secondary N) is 2. The van der Waals surface area contributed by atoms with Crippen LogP contribution in [0.25, 0.3) is 0 Å². The number of rotatable bonds is 2. The number of hydrogen-bond donors (Lipinski definition) is 2. The van der Waals surface area contributed by atoms with Crippen molar-refractivity contribution in [3.63, 3.8) is 0 Å². The van der Waals surface area contributed by atoms with Crippen LogP contribution < -0.4 is 10.6 Å². The number of urea groups is 1. The van der Waals surface area contributed by atoms with Gasteiger partial charge in [0.05, 0.1) is 0 Å². The van der Waals surface area contributed by atoms with E-state index in [4.69, 9.17) is 0 Å². The average molecular weight is 259 g/mol. The third-order valence-electron chi connectivity index (χ3n) is 3.72. The molecule has 2 atom stereocenters. The zero-order valence-electron chi connectivity index (χ0n) is 10.6. The fourth-order valence-corrected chi connectivity index (χ4v) is 2.78. The van der Waals surface area contributed by atoms with Crippen LogP contribution in [0.15, 0.2) is 30.3 Å². The Labute approximate surface area is 112 Å². The highest BCUT2D eigenvalue weighted by molar-refractivity contribution is 5.90. The molecule has 5 heteroatoms. The summed E-state index contributed by atoms with van der Waals surface area (Å²) in [5, 5.41) is 5.61. The van der Waals surface area contributed by atoms with Crippen molar-refractivity contribution in [3.8, 4) is 0 Å². The molecule has 1 aromatic rings. The van der Waals surface area contributed by atoms with Gasteiger partial charge in [-0.2, -0.15) is 0 Å². The van der Waals surface area contributed by atoms with E-state index in [0.717, 1.165) is 24.9 Å². The largest absolute Gasteiger partial charge is 0.326 e. The highest BCUT2D eigenvalue weighted by Gasteiger charge is 2.37. The van der Waals surface area contributed by atoms with Crippen LogP contribution in [-0.2, 0) is 11.2 Å². The quantitative estimate of drug-likeness (QED) is 0.827. The fourth-order valence-electron chi connectivity index (χ4n) is 2.78. The van der Waals surface area contributed by atoms with Crippen molar-refractivity contribution in [2.24, 2.45) is 0 Å². The standard InChI is InChI=1S/C14H17N3O2/c18-13-11(9-10-5-2-1-3-6-10)15-14(19)16-12-7-4-8-17(12)13/h1-3,5-6,11-12H,4,7-9H2,(H2,15,16,19)/t11-,12?/m1/s1. The van der Waals surface area contributed by atoms with Gasteiger partial charge < -0.3 is 15.5 Å². The molecule has 0 aromatic heterocycles. The van der Waals surface area contributed by atoms with Crippen molar-refractivity contribution < 1.29 is 9.59 Å². The van der Waals surface area contributed by atoms with Crippen molar-refractivity contribution in [1.29, 1.82) is 0 Å². The lowest BCUT2D eigenvalue weighted by molar-refractivity contribution is -0.133. The number of nitrogens with zero attached hydrogens (tertiary/aromatic N) is 1. The number of hydrogen-bond acceptors (Lipinski definition) is 2. The Morgan fingerprint density at radius 1 is 1.16 bits per heavy atom. The van der Waals surface area contributed by atoms with Crippen LogP contribution in [0.2, 0.25) is 0 Å². The van der Waals surface area contributed by atoms with Gasteiger partial charge in [0.2, 0.25) is 5.91 Å². The maximum absolute atomic E-state index is 12.4. The van der Waals surface area contributed by atoms with E-state index in [1.165, 1.54) is 0 Å². The fraction of sp³-hybridized carbons (Fsp3) is 0.429. The maximum Gasteiger partial charge on any atom is 0.317 e. The van der Waals surface area contributed by atoms with E-state index in [2.05, 4.69) is 10.6 Å². The van der Waals surface area contributed by atoms with E-state index in [9.17, 15) is 9.59 Å². The lowest BCUT2D eigenvalue weighted by Crippen LogP contribution is -2.46. The molecule has 0 bridgehead atoms. The van der Waals surface area contributed by atoms with Gasteiger partial charge in [0.1, 0.15) is 12.2 Å². The Balaban J connectivity index is 1.79. The molecule has 2 saturated heterocycles. The van der Waals surface area contributed by atoms with Crippen LogP contribution in [0, 0.1) is 0 Å². The molecule has 2 fully saturated rings. The van der Waals surface area contributed by atoms with Gasteiger partial charge in [-0.05, 0) is 18.4 Å². The summed E-state index contributed by atoms with van der Waals surface area (Å²) in [6, 6.07) is 9.05. The first-order valence-corrected chi connectivity index (χ1v) is 6.65. The SMILES string of the molecule is O=C1NC2CCCN2C(=O)[C@@H](Cc2ccccc2)N1. The molecule has 1 unspecified atom stereocenters. The molecule has 0 spiro atoms. The number of amides is 3. The Morgan fingerprint density at radius 2 is 1.95 bits per heavy atom. The van der Waals surface area contributed by atoms with E-state index in [-0.39, 0.29) is 18.1 Å². The molecule has 0 aliphatic carbocycles. The van der Waals surface area contributed by atoms with Crippen LogP contribution in [0.3, 0.4) is 0 Å². The molecule has 3 rings (SSSR count). The maximum atomic E-state index is 12.4. The smallest absolute Gasteiger partial charge is 0.317 e.